The Morgan fingerprint density at radius 2 is 2.12 bits per heavy atom. The van der Waals surface area contributed by atoms with Gasteiger partial charge in [0.15, 0.2) is 6.61 Å². The molecular formula is C20H19NO4S. The molecule has 1 amide bonds. The Balaban J connectivity index is 1.37. The van der Waals surface area contributed by atoms with Crippen LogP contribution >= 0.6 is 11.3 Å². The fourth-order valence-corrected chi connectivity index (χ4v) is 4.25. The Labute approximate surface area is 155 Å². The molecule has 1 aromatic carbocycles. The molecule has 0 aliphatic carbocycles. The smallest absolute Gasteiger partial charge is 0.338 e. The number of likely N-dealkylation sites (tertiary alicyclic amines) is 1. The highest BCUT2D eigenvalue weighted by atomic mass is 32.1. The number of thiophene rings is 1. The van der Waals surface area contributed by atoms with E-state index in [-0.39, 0.29) is 25.2 Å². The first-order valence-electron chi connectivity index (χ1n) is 8.65. The van der Waals surface area contributed by atoms with Gasteiger partial charge in [-0.2, -0.15) is 0 Å². The average molecular weight is 369 g/mol. The van der Waals surface area contributed by atoms with Crippen LogP contribution in [0.4, 0.5) is 0 Å². The average Bonchev–Trinajstić information content (AvgIpc) is 3.36. The standard InChI is InChI=1S/C20H19NO4S/c22-19(21-9-3-6-16(21)18-8-4-10-26-18)13-25-20(23)15-11-14-5-1-2-7-17(14)24-12-15/h1-2,4-5,7-8,10-11,16H,3,6,9,12-13H2. The number of hydrogen-bond donors (Lipinski definition) is 0. The van der Waals surface area contributed by atoms with E-state index in [1.165, 1.54) is 4.88 Å². The van der Waals surface area contributed by atoms with Gasteiger partial charge < -0.3 is 14.4 Å². The monoisotopic (exact) mass is 369 g/mol. The van der Waals surface area contributed by atoms with E-state index in [0.29, 0.717) is 12.1 Å². The number of amides is 1. The molecular weight excluding hydrogens is 350 g/mol. The molecule has 0 spiro atoms. The predicted octanol–water partition coefficient (Wildman–Crippen LogP) is 3.43. The summed E-state index contributed by atoms with van der Waals surface area (Å²) in [5, 5.41) is 2.02. The van der Waals surface area contributed by atoms with Crippen molar-refractivity contribution >= 4 is 29.3 Å². The molecule has 0 N–H and O–H groups in total. The number of fused-ring (bicyclic) bond motifs is 1. The van der Waals surface area contributed by atoms with Gasteiger partial charge in [0.25, 0.3) is 5.91 Å². The zero-order valence-electron chi connectivity index (χ0n) is 14.2. The van der Waals surface area contributed by atoms with Crippen molar-refractivity contribution in [3.05, 3.63) is 57.8 Å². The van der Waals surface area contributed by atoms with E-state index in [4.69, 9.17) is 9.47 Å². The zero-order chi connectivity index (χ0) is 17.9. The lowest BCUT2D eigenvalue weighted by molar-refractivity contribution is -0.149. The van der Waals surface area contributed by atoms with Crippen LogP contribution in [0.25, 0.3) is 6.08 Å². The normalized spacial score (nSPS) is 18.7. The van der Waals surface area contributed by atoms with Crippen molar-refractivity contribution in [2.45, 2.75) is 18.9 Å². The molecule has 4 rings (SSSR count). The van der Waals surface area contributed by atoms with Gasteiger partial charge in [-0.05, 0) is 36.4 Å². The zero-order valence-corrected chi connectivity index (χ0v) is 15.0. The molecule has 26 heavy (non-hydrogen) atoms. The first-order chi connectivity index (χ1) is 12.7. The van der Waals surface area contributed by atoms with Crippen LogP contribution in [-0.4, -0.2) is 36.5 Å². The molecule has 2 aliphatic rings. The number of hydrogen-bond acceptors (Lipinski definition) is 5. The molecule has 0 radical (unpaired) electrons. The number of para-hydroxylation sites is 1. The van der Waals surface area contributed by atoms with Crippen molar-refractivity contribution < 1.29 is 19.1 Å². The minimum Gasteiger partial charge on any atom is -0.488 e. The maximum absolute atomic E-state index is 12.5. The Kier molecular flexibility index (Phi) is 4.75. The van der Waals surface area contributed by atoms with Gasteiger partial charge in [-0.25, -0.2) is 4.79 Å². The number of rotatable bonds is 4. The molecule has 6 heteroatoms. The lowest BCUT2D eigenvalue weighted by atomic mass is 10.1. The largest absolute Gasteiger partial charge is 0.488 e. The molecule has 1 fully saturated rings. The topological polar surface area (TPSA) is 55.8 Å². The molecule has 1 unspecified atom stereocenters. The van der Waals surface area contributed by atoms with Gasteiger partial charge in [0.2, 0.25) is 0 Å². The first kappa shape index (κ1) is 16.8. The second-order valence-electron chi connectivity index (χ2n) is 6.33. The van der Waals surface area contributed by atoms with Crippen LogP contribution < -0.4 is 4.74 Å². The summed E-state index contributed by atoms with van der Waals surface area (Å²) < 4.78 is 10.8. The molecule has 2 aliphatic heterocycles. The van der Waals surface area contributed by atoms with Gasteiger partial charge >= 0.3 is 5.97 Å². The summed E-state index contributed by atoms with van der Waals surface area (Å²) in [5.74, 6) is 0.0997. The van der Waals surface area contributed by atoms with Gasteiger partial charge in [0.05, 0.1) is 11.6 Å². The van der Waals surface area contributed by atoms with Crippen LogP contribution in [-0.2, 0) is 14.3 Å². The fraction of sp³-hybridized carbons (Fsp3) is 0.300. The Bertz CT molecular complexity index is 843. The van der Waals surface area contributed by atoms with Crippen molar-refractivity contribution in [3.8, 4) is 5.75 Å². The van der Waals surface area contributed by atoms with Gasteiger partial charge in [0, 0.05) is 17.0 Å². The summed E-state index contributed by atoms with van der Waals surface area (Å²) in [5.41, 5.74) is 1.27. The molecule has 5 nitrogen and oxygen atoms in total. The summed E-state index contributed by atoms with van der Waals surface area (Å²) in [7, 11) is 0. The van der Waals surface area contributed by atoms with Crippen molar-refractivity contribution in [3.63, 3.8) is 0 Å². The molecule has 0 saturated carbocycles. The molecule has 134 valence electrons. The van der Waals surface area contributed by atoms with Crippen LogP contribution in [0.15, 0.2) is 47.4 Å². The van der Waals surface area contributed by atoms with Crippen molar-refractivity contribution in [1.82, 2.24) is 4.90 Å². The third kappa shape index (κ3) is 3.37. The SMILES string of the molecule is O=C(OCC(=O)N1CCCC1c1cccs1)C1=Cc2ccccc2OC1. The number of carbonyl (C=O) groups excluding carboxylic acids is 2. The van der Waals surface area contributed by atoms with Gasteiger partial charge in [-0.3, -0.25) is 4.79 Å². The Hall–Kier alpha value is -2.60. The van der Waals surface area contributed by atoms with Crippen molar-refractivity contribution in [2.24, 2.45) is 0 Å². The lowest BCUT2D eigenvalue weighted by Gasteiger charge is -2.24. The van der Waals surface area contributed by atoms with E-state index in [0.717, 1.165) is 24.2 Å². The predicted molar refractivity (Wildman–Crippen MR) is 98.9 cm³/mol. The lowest BCUT2D eigenvalue weighted by Crippen LogP contribution is -2.34. The second kappa shape index (κ2) is 7.33. The number of nitrogens with zero attached hydrogens (tertiary/aromatic N) is 1. The highest BCUT2D eigenvalue weighted by Crippen LogP contribution is 2.34. The third-order valence-corrected chi connectivity index (χ3v) is 5.64. The van der Waals surface area contributed by atoms with E-state index in [2.05, 4.69) is 6.07 Å². The highest BCUT2D eigenvalue weighted by Gasteiger charge is 2.31. The number of esters is 1. The first-order valence-corrected chi connectivity index (χ1v) is 9.53. The number of carbonyl (C=O) groups is 2. The van der Waals surface area contributed by atoms with Gasteiger partial charge in [0.1, 0.15) is 12.4 Å². The van der Waals surface area contributed by atoms with Gasteiger partial charge in [-0.1, -0.05) is 24.3 Å². The molecule has 0 bridgehead atoms. The summed E-state index contributed by atoms with van der Waals surface area (Å²) >= 11 is 1.65. The highest BCUT2D eigenvalue weighted by molar-refractivity contribution is 7.10. The number of ether oxygens (including phenoxy) is 2. The minimum atomic E-state index is -0.500. The maximum Gasteiger partial charge on any atom is 0.338 e. The van der Waals surface area contributed by atoms with Crippen LogP contribution in [0.3, 0.4) is 0 Å². The summed E-state index contributed by atoms with van der Waals surface area (Å²) in [6.45, 7) is 0.628. The van der Waals surface area contributed by atoms with Crippen LogP contribution in [0.5, 0.6) is 5.75 Å². The second-order valence-corrected chi connectivity index (χ2v) is 7.31. The Morgan fingerprint density at radius 3 is 2.96 bits per heavy atom. The quantitative estimate of drug-likeness (QED) is 0.775. The molecule has 2 aromatic rings. The summed E-state index contributed by atoms with van der Waals surface area (Å²) in [6.07, 6.45) is 3.68. The van der Waals surface area contributed by atoms with Crippen LogP contribution in [0.2, 0.25) is 0 Å². The van der Waals surface area contributed by atoms with Crippen molar-refractivity contribution in [1.29, 1.82) is 0 Å². The number of benzene rings is 1. The summed E-state index contributed by atoms with van der Waals surface area (Å²) in [6, 6.07) is 11.6. The third-order valence-electron chi connectivity index (χ3n) is 4.67. The van der Waals surface area contributed by atoms with Crippen LogP contribution in [0, 0.1) is 0 Å². The minimum absolute atomic E-state index is 0.102. The fourth-order valence-electron chi connectivity index (χ4n) is 3.38. The van der Waals surface area contributed by atoms with E-state index < -0.39 is 5.97 Å². The van der Waals surface area contributed by atoms with Gasteiger partial charge in [-0.15, -0.1) is 11.3 Å². The van der Waals surface area contributed by atoms with E-state index >= 15 is 0 Å². The summed E-state index contributed by atoms with van der Waals surface area (Å²) in [4.78, 5) is 27.8. The molecule has 1 aromatic heterocycles. The van der Waals surface area contributed by atoms with E-state index in [9.17, 15) is 9.59 Å². The maximum atomic E-state index is 12.5. The van der Waals surface area contributed by atoms with E-state index in [1.54, 1.807) is 17.4 Å². The molecule has 1 saturated heterocycles. The Morgan fingerprint density at radius 1 is 1.23 bits per heavy atom. The van der Waals surface area contributed by atoms with E-state index in [1.807, 2.05) is 40.6 Å². The molecule has 3 heterocycles. The van der Waals surface area contributed by atoms with Crippen LogP contribution in [0.1, 0.15) is 29.3 Å². The molecule has 1 atom stereocenters. The van der Waals surface area contributed by atoms with Crippen molar-refractivity contribution in [2.75, 3.05) is 19.8 Å².